The highest BCUT2D eigenvalue weighted by Gasteiger charge is 2.11. The zero-order valence-electron chi connectivity index (χ0n) is 12.1. The molecule has 6 nitrogen and oxygen atoms in total. The third kappa shape index (κ3) is 2.36. The standard InChI is InChI=1S/C17H13N5O/c18-15(23)17-21-14-4-2-1-3-12(14)16(22-17)20-11-5-6-13-10(9-11)7-8-19-13/h1-9,19H,(H2,18,23)(H,20,21,22). The summed E-state index contributed by atoms with van der Waals surface area (Å²) in [6.45, 7) is 0. The predicted octanol–water partition coefficient (Wildman–Crippen LogP) is 2.95. The summed E-state index contributed by atoms with van der Waals surface area (Å²) < 4.78 is 0. The summed E-state index contributed by atoms with van der Waals surface area (Å²) in [7, 11) is 0. The maximum Gasteiger partial charge on any atom is 0.286 e. The molecule has 0 radical (unpaired) electrons. The molecule has 2 aromatic carbocycles. The molecule has 0 aliphatic heterocycles. The van der Waals surface area contributed by atoms with Gasteiger partial charge in [0.05, 0.1) is 5.52 Å². The smallest absolute Gasteiger partial charge is 0.286 e. The molecule has 0 aliphatic carbocycles. The lowest BCUT2D eigenvalue weighted by Gasteiger charge is -2.10. The number of aromatic nitrogens is 3. The van der Waals surface area contributed by atoms with Crippen molar-refractivity contribution in [1.82, 2.24) is 15.0 Å². The van der Waals surface area contributed by atoms with E-state index in [1.165, 1.54) is 0 Å². The van der Waals surface area contributed by atoms with E-state index in [2.05, 4.69) is 20.3 Å². The maximum atomic E-state index is 11.5. The Balaban J connectivity index is 1.84. The Hall–Kier alpha value is -3.41. The van der Waals surface area contributed by atoms with Crippen LogP contribution in [0.4, 0.5) is 11.5 Å². The maximum absolute atomic E-state index is 11.5. The Morgan fingerprint density at radius 2 is 1.96 bits per heavy atom. The van der Waals surface area contributed by atoms with Crippen LogP contribution in [0.2, 0.25) is 0 Å². The Morgan fingerprint density at radius 3 is 2.83 bits per heavy atom. The first-order chi connectivity index (χ1) is 11.2. The fraction of sp³-hybridized carbons (Fsp3) is 0. The Labute approximate surface area is 131 Å². The van der Waals surface area contributed by atoms with Gasteiger partial charge in [0, 0.05) is 28.2 Å². The molecule has 0 saturated carbocycles. The third-order valence-corrected chi connectivity index (χ3v) is 3.64. The number of carbonyl (C=O) groups excluding carboxylic acids is 1. The van der Waals surface area contributed by atoms with Crippen molar-refractivity contribution in [2.45, 2.75) is 0 Å². The quantitative estimate of drug-likeness (QED) is 0.542. The fourth-order valence-corrected chi connectivity index (χ4v) is 2.55. The largest absolute Gasteiger partial charge is 0.363 e. The monoisotopic (exact) mass is 303 g/mol. The number of carbonyl (C=O) groups is 1. The van der Waals surface area contributed by atoms with E-state index in [1.54, 1.807) is 0 Å². The van der Waals surface area contributed by atoms with Crippen LogP contribution >= 0.6 is 0 Å². The molecule has 0 unspecified atom stereocenters. The van der Waals surface area contributed by atoms with Crippen LogP contribution in [-0.2, 0) is 0 Å². The lowest BCUT2D eigenvalue weighted by molar-refractivity contribution is 0.0991. The molecule has 4 N–H and O–H groups in total. The second-order valence-electron chi connectivity index (χ2n) is 5.18. The molecule has 2 aromatic heterocycles. The second kappa shape index (κ2) is 5.10. The molecule has 0 bridgehead atoms. The molecule has 4 aromatic rings. The number of amides is 1. The number of nitrogens with two attached hydrogens (primary N) is 1. The number of rotatable bonds is 3. The first-order valence-corrected chi connectivity index (χ1v) is 7.11. The predicted molar refractivity (Wildman–Crippen MR) is 89.6 cm³/mol. The molecular formula is C17H13N5O. The number of para-hydroxylation sites is 1. The van der Waals surface area contributed by atoms with Crippen molar-refractivity contribution < 1.29 is 4.79 Å². The van der Waals surface area contributed by atoms with E-state index in [1.807, 2.05) is 54.7 Å². The van der Waals surface area contributed by atoms with Crippen LogP contribution in [0.5, 0.6) is 0 Å². The minimum Gasteiger partial charge on any atom is -0.363 e. The van der Waals surface area contributed by atoms with Gasteiger partial charge < -0.3 is 16.0 Å². The van der Waals surface area contributed by atoms with Gasteiger partial charge in [-0.25, -0.2) is 9.97 Å². The van der Waals surface area contributed by atoms with Crippen LogP contribution in [0.1, 0.15) is 10.6 Å². The summed E-state index contributed by atoms with van der Waals surface area (Å²) in [5.41, 5.74) is 7.93. The number of hydrogen-bond acceptors (Lipinski definition) is 4. The number of benzene rings is 2. The molecule has 0 atom stereocenters. The van der Waals surface area contributed by atoms with E-state index in [0.717, 1.165) is 22.0 Å². The Bertz CT molecular complexity index is 1040. The van der Waals surface area contributed by atoms with Crippen molar-refractivity contribution in [2.75, 3.05) is 5.32 Å². The number of hydrogen-bond donors (Lipinski definition) is 3. The number of fused-ring (bicyclic) bond motifs is 2. The number of anilines is 2. The van der Waals surface area contributed by atoms with E-state index in [0.29, 0.717) is 11.3 Å². The summed E-state index contributed by atoms with van der Waals surface area (Å²) in [6.07, 6.45) is 1.89. The van der Waals surface area contributed by atoms with Crippen molar-refractivity contribution in [3.63, 3.8) is 0 Å². The van der Waals surface area contributed by atoms with Gasteiger partial charge in [0.2, 0.25) is 5.82 Å². The second-order valence-corrected chi connectivity index (χ2v) is 5.18. The average molecular weight is 303 g/mol. The van der Waals surface area contributed by atoms with E-state index in [9.17, 15) is 4.79 Å². The fourth-order valence-electron chi connectivity index (χ4n) is 2.55. The summed E-state index contributed by atoms with van der Waals surface area (Å²) in [5.74, 6) is -0.104. The minimum absolute atomic E-state index is 0.00563. The SMILES string of the molecule is NC(=O)c1nc(Nc2ccc3[nH]ccc3c2)c2ccccc2n1. The van der Waals surface area contributed by atoms with E-state index < -0.39 is 5.91 Å². The summed E-state index contributed by atoms with van der Waals surface area (Å²) in [5, 5.41) is 5.16. The molecule has 4 rings (SSSR count). The number of nitrogens with one attached hydrogen (secondary N) is 2. The van der Waals surface area contributed by atoms with Gasteiger partial charge in [-0.2, -0.15) is 0 Å². The van der Waals surface area contributed by atoms with Gasteiger partial charge in [-0.15, -0.1) is 0 Å². The van der Waals surface area contributed by atoms with Gasteiger partial charge >= 0.3 is 0 Å². The lowest BCUT2D eigenvalue weighted by atomic mass is 10.2. The molecule has 1 amide bonds. The van der Waals surface area contributed by atoms with Crippen molar-refractivity contribution in [2.24, 2.45) is 5.73 Å². The van der Waals surface area contributed by atoms with E-state index in [-0.39, 0.29) is 5.82 Å². The van der Waals surface area contributed by atoms with Crippen LogP contribution in [0, 0.1) is 0 Å². The number of H-pyrrole nitrogens is 1. The van der Waals surface area contributed by atoms with Gasteiger partial charge in [0.1, 0.15) is 5.82 Å². The first-order valence-electron chi connectivity index (χ1n) is 7.11. The molecule has 6 heteroatoms. The summed E-state index contributed by atoms with van der Waals surface area (Å²) in [6, 6.07) is 15.4. The van der Waals surface area contributed by atoms with Gasteiger partial charge in [0.25, 0.3) is 5.91 Å². The lowest BCUT2D eigenvalue weighted by Crippen LogP contribution is -2.16. The van der Waals surface area contributed by atoms with Crippen molar-refractivity contribution >= 4 is 39.2 Å². The molecule has 0 spiro atoms. The molecule has 0 aliphatic rings. The van der Waals surface area contributed by atoms with Gasteiger partial charge in [-0.1, -0.05) is 12.1 Å². The zero-order valence-corrected chi connectivity index (χ0v) is 12.1. The number of aromatic amines is 1. The first kappa shape index (κ1) is 13.3. The minimum atomic E-state index is -0.653. The highest BCUT2D eigenvalue weighted by Crippen LogP contribution is 2.25. The van der Waals surface area contributed by atoms with E-state index in [4.69, 9.17) is 5.73 Å². The van der Waals surface area contributed by atoms with Gasteiger partial charge in [-0.3, -0.25) is 4.79 Å². The van der Waals surface area contributed by atoms with Gasteiger partial charge in [-0.05, 0) is 36.4 Å². The van der Waals surface area contributed by atoms with Gasteiger partial charge in [0.15, 0.2) is 0 Å². The molecule has 0 fully saturated rings. The molecule has 112 valence electrons. The number of primary amides is 1. The summed E-state index contributed by atoms with van der Waals surface area (Å²) in [4.78, 5) is 23.1. The zero-order chi connectivity index (χ0) is 15.8. The highest BCUT2D eigenvalue weighted by atomic mass is 16.1. The molecular weight excluding hydrogens is 290 g/mol. The van der Waals surface area contributed by atoms with Crippen LogP contribution < -0.4 is 11.1 Å². The Kier molecular flexibility index (Phi) is 2.94. The van der Waals surface area contributed by atoms with Crippen LogP contribution in [0.3, 0.4) is 0 Å². The van der Waals surface area contributed by atoms with Crippen LogP contribution in [-0.4, -0.2) is 20.9 Å². The topological polar surface area (TPSA) is 96.7 Å². The summed E-state index contributed by atoms with van der Waals surface area (Å²) >= 11 is 0. The molecule has 2 heterocycles. The molecule has 23 heavy (non-hydrogen) atoms. The normalized spacial score (nSPS) is 11.0. The van der Waals surface area contributed by atoms with Crippen molar-refractivity contribution in [3.8, 4) is 0 Å². The third-order valence-electron chi connectivity index (χ3n) is 3.64. The molecule has 0 saturated heterocycles. The van der Waals surface area contributed by atoms with Crippen LogP contribution in [0.15, 0.2) is 54.7 Å². The highest BCUT2D eigenvalue weighted by molar-refractivity contribution is 5.97. The average Bonchev–Trinajstić information content (AvgIpc) is 3.02. The number of nitrogens with zero attached hydrogens (tertiary/aromatic N) is 2. The van der Waals surface area contributed by atoms with Crippen molar-refractivity contribution in [3.05, 3.63) is 60.6 Å². The van der Waals surface area contributed by atoms with E-state index >= 15 is 0 Å². The van der Waals surface area contributed by atoms with Crippen molar-refractivity contribution in [1.29, 1.82) is 0 Å². The van der Waals surface area contributed by atoms with Crippen LogP contribution in [0.25, 0.3) is 21.8 Å². The Morgan fingerprint density at radius 1 is 1.09 bits per heavy atom.